The normalized spacial score (nSPS) is 12.8. The molecule has 0 aliphatic carbocycles. The monoisotopic (exact) mass is 255 g/mol. The molecule has 5 heteroatoms. The molecule has 104 valence electrons. The van der Waals surface area contributed by atoms with Crippen molar-refractivity contribution in [2.24, 2.45) is 0 Å². The predicted octanol–water partition coefficient (Wildman–Crippen LogP) is 1.97. The van der Waals surface area contributed by atoms with Crippen LogP contribution in [0.1, 0.15) is 44.8 Å². The smallest absolute Gasteiger partial charge is 0.228 e. The SMILES string of the molecule is CCCCc1noc(CC(COC)NCCC)n1. The van der Waals surface area contributed by atoms with Crippen molar-refractivity contribution in [2.75, 3.05) is 20.3 Å². The molecule has 0 saturated carbocycles. The Bertz CT molecular complexity index is 315. The summed E-state index contributed by atoms with van der Waals surface area (Å²) in [5, 5.41) is 7.41. The Labute approximate surface area is 109 Å². The van der Waals surface area contributed by atoms with Crippen LogP contribution in [-0.4, -0.2) is 36.4 Å². The van der Waals surface area contributed by atoms with Crippen LogP contribution in [0.4, 0.5) is 0 Å². The highest BCUT2D eigenvalue weighted by Crippen LogP contribution is 2.05. The Balaban J connectivity index is 2.43. The summed E-state index contributed by atoms with van der Waals surface area (Å²) < 4.78 is 10.5. The van der Waals surface area contributed by atoms with Gasteiger partial charge in [0.1, 0.15) is 0 Å². The minimum atomic E-state index is 0.245. The van der Waals surface area contributed by atoms with E-state index in [-0.39, 0.29) is 6.04 Å². The number of ether oxygens (including phenoxy) is 1. The third-order valence-electron chi connectivity index (χ3n) is 2.74. The Morgan fingerprint density at radius 3 is 2.83 bits per heavy atom. The summed E-state index contributed by atoms with van der Waals surface area (Å²) in [5.41, 5.74) is 0. The lowest BCUT2D eigenvalue weighted by molar-refractivity contribution is 0.161. The molecule has 0 bridgehead atoms. The second-order valence-corrected chi connectivity index (χ2v) is 4.52. The van der Waals surface area contributed by atoms with E-state index in [4.69, 9.17) is 9.26 Å². The lowest BCUT2D eigenvalue weighted by Gasteiger charge is -2.15. The molecule has 1 atom stereocenters. The first-order valence-electron chi connectivity index (χ1n) is 6.83. The molecule has 0 saturated heterocycles. The first kappa shape index (κ1) is 15.1. The second kappa shape index (κ2) is 9.05. The molecule has 5 nitrogen and oxygen atoms in total. The summed E-state index contributed by atoms with van der Waals surface area (Å²) in [6, 6.07) is 0.245. The van der Waals surface area contributed by atoms with E-state index in [2.05, 4.69) is 29.3 Å². The van der Waals surface area contributed by atoms with E-state index in [1.54, 1.807) is 7.11 Å². The Kier molecular flexibility index (Phi) is 7.60. The van der Waals surface area contributed by atoms with E-state index in [1.807, 2.05) is 0 Å². The van der Waals surface area contributed by atoms with E-state index < -0.39 is 0 Å². The van der Waals surface area contributed by atoms with Crippen molar-refractivity contribution in [2.45, 2.75) is 52.0 Å². The zero-order valence-corrected chi connectivity index (χ0v) is 11.7. The van der Waals surface area contributed by atoms with Gasteiger partial charge in [0.05, 0.1) is 6.61 Å². The topological polar surface area (TPSA) is 60.2 Å². The fourth-order valence-corrected chi connectivity index (χ4v) is 1.76. The summed E-state index contributed by atoms with van der Waals surface area (Å²) in [6.07, 6.45) is 4.99. The summed E-state index contributed by atoms with van der Waals surface area (Å²) in [4.78, 5) is 4.40. The van der Waals surface area contributed by atoms with Crippen LogP contribution >= 0.6 is 0 Å². The number of rotatable bonds is 10. The zero-order chi connectivity index (χ0) is 13.2. The summed E-state index contributed by atoms with van der Waals surface area (Å²) in [6.45, 7) is 5.94. The van der Waals surface area contributed by atoms with Crippen LogP contribution in [-0.2, 0) is 17.6 Å². The number of aromatic nitrogens is 2. The number of nitrogens with zero attached hydrogens (tertiary/aromatic N) is 2. The van der Waals surface area contributed by atoms with Gasteiger partial charge in [0, 0.05) is 26.0 Å². The Hall–Kier alpha value is -0.940. The van der Waals surface area contributed by atoms with Crippen molar-refractivity contribution >= 4 is 0 Å². The molecule has 0 radical (unpaired) electrons. The first-order valence-corrected chi connectivity index (χ1v) is 6.83. The predicted molar refractivity (Wildman–Crippen MR) is 70.6 cm³/mol. The highest BCUT2D eigenvalue weighted by atomic mass is 16.5. The number of unbranched alkanes of at least 4 members (excludes halogenated alkanes) is 1. The van der Waals surface area contributed by atoms with Gasteiger partial charge in [-0.2, -0.15) is 4.98 Å². The van der Waals surface area contributed by atoms with E-state index >= 15 is 0 Å². The standard InChI is InChI=1S/C13H25N3O2/c1-4-6-7-12-15-13(18-16-12)9-11(10-17-3)14-8-5-2/h11,14H,4-10H2,1-3H3. The van der Waals surface area contributed by atoms with Gasteiger partial charge < -0.3 is 14.6 Å². The van der Waals surface area contributed by atoms with Crippen LogP contribution in [0.25, 0.3) is 0 Å². The number of nitrogens with one attached hydrogen (secondary N) is 1. The third kappa shape index (κ3) is 5.60. The lowest BCUT2D eigenvalue weighted by Crippen LogP contribution is -2.35. The molecule has 0 fully saturated rings. The van der Waals surface area contributed by atoms with Crippen LogP contribution in [0.2, 0.25) is 0 Å². The number of hydrogen-bond acceptors (Lipinski definition) is 5. The second-order valence-electron chi connectivity index (χ2n) is 4.52. The van der Waals surface area contributed by atoms with E-state index in [0.717, 1.165) is 44.5 Å². The number of aryl methyl sites for hydroxylation is 1. The molecule has 0 aliphatic heterocycles. The van der Waals surface area contributed by atoms with Gasteiger partial charge in [0.2, 0.25) is 5.89 Å². The van der Waals surface area contributed by atoms with Crippen LogP contribution < -0.4 is 5.32 Å². The van der Waals surface area contributed by atoms with Crippen molar-refractivity contribution in [3.8, 4) is 0 Å². The third-order valence-corrected chi connectivity index (χ3v) is 2.74. The summed E-state index contributed by atoms with van der Waals surface area (Å²) >= 11 is 0. The molecule has 0 aromatic carbocycles. The van der Waals surface area contributed by atoms with Crippen LogP contribution in [0.15, 0.2) is 4.52 Å². The maximum Gasteiger partial charge on any atom is 0.228 e. The highest BCUT2D eigenvalue weighted by Gasteiger charge is 2.13. The molecule has 0 spiro atoms. The molecule has 18 heavy (non-hydrogen) atoms. The molecular formula is C13H25N3O2. The summed E-state index contributed by atoms with van der Waals surface area (Å²) in [7, 11) is 1.71. The molecular weight excluding hydrogens is 230 g/mol. The largest absolute Gasteiger partial charge is 0.383 e. The number of methoxy groups -OCH3 is 1. The Morgan fingerprint density at radius 2 is 2.17 bits per heavy atom. The van der Waals surface area contributed by atoms with Crippen molar-refractivity contribution in [3.05, 3.63) is 11.7 Å². The van der Waals surface area contributed by atoms with Crippen molar-refractivity contribution in [3.63, 3.8) is 0 Å². The maximum atomic E-state index is 5.26. The quantitative estimate of drug-likeness (QED) is 0.692. The van der Waals surface area contributed by atoms with Gasteiger partial charge in [0.15, 0.2) is 5.82 Å². The molecule has 1 aromatic rings. The fraction of sp³-hybridized carbons (Fsp3) is 0.846. The van der Waals surface area contributed by atoms with Gasteiger partial charge in [-0.05, 0) is 19.4 Å². The maximum absolute atomic E-state index is 5.26. The van der Waals surface area contributed by atoms with E-state index in [9.17, 15) is 0 Å². The molecule has 1 aromatic heterocycles. The van der Waals surface area contributed by atoms with Crippen LogP contribution in [0, 0.1) is 0 Å². The zero-order valence-electron chi connectivity index (χ0n) is 11.7. The van der Waals surface area contributed by atoms with Gasteiger partial charge in [-0.15, -0.1) is 0 Å². The summed E-state index contributed by atoms with van der Waals surface area (Å²) in [5.74, 6) is 1.52. The molecule has 1 N–H and O–H groups in total. The van der Waals surface area contributed by atoms with Crippen molar-refractivity contribution in [1.29, 1.82) is 0 Å². The van der Waals surface area contributed by atoms with E-state index in [1.165, 1.54) is 0 Å². The molecule has 1 unspecified atom stereocenters. The van der Waals surface area contributed by atoms with Gasteiger partial charge in [-0.1, -0.05) is 25.4 Å². The molecule has 1 heterocycles. The molecule has 0 aliphatic rings. The fourth-order valence-electron chi connectivity index (χ4n) is 1.76. The van der Waals surface area contributed by atoms with E-state index in [0.29, 0.717) is 12.5 Å². The van der Waals surface area contributed by atoms with Gasteiger partial charge in [-0.3, -0.25) is 0 Å². The highest BCUT2D eigenvalue weighted by molar-refractivity contribution is 4.90. The lowest BCUT2D eigenvalue weighted by atomic mass is 10.2. The van der Waals surface area contributed by atoms with Crippen molar-refractivity contribution < 1.29 is 9.26 Å². The van der Waals surface area contributed by atoms with Crippen LogP contribution in [0.5, 0.6) is 0 Å². The average Bonchev–Trinajstić information content (AvgIpc) is 2.81. The first-order chi connectivity index (χ1) is 8.80. The Morgan fingerprint density at radius 1 is 1.33 bits per heavy atom. The van der Waals surface area contributed by atoms with Gasteiger partial charge >= 0.3 is 0 Å². The molecule has 1 rings (SSSR count). The minimum absolute atomic E-state index is 0.245. The minimum Gasteiger partial charge on any atom is -0.383 e. The van der Waals surface area contributed by atoms with Gasteiger partial charge in [0.25, 0.3) is 0 Å². The van der Waals surface area contributed by atoms with Crippen molar-refractivity contribution in [1.82, 2.24) is 15.5 Å². The molecule has 0 amide bonds. The average molecular weight is 255 g/mol. The van der Waals surface area contributed by atoms with Gasteiger partial charge in [-0.25, -0.2) is 0 Å². The number of hydrogen-bond donors (Lipinski definition) is 1. The van der Waals surface area contributed by atoms with Crippen LogP contribution in [0.3, 0.4) is 0 Å².